The average Bonchev–Trinajstić information content (AvgIpc) is 2.45. The van der Waals surface area contributed by atoms with E-state index in [9.17, 15) is 4.79 Å². The minimum absolute atomic E-state index is 0.0224. The van der Waals surface area contributed by atoms with Gasteiger partial charge in [-0.05, 0) is 18.6 Å². The number of amides is 1. The third kappa shape index (κ3) is 3.35. The van der Waals surface area contributed by atoms with Crippen molar-refractivity contribution in [1.82, 2.24) is 10.3 Å². The molecule has 1 unspecified atom stereocenters. The van der Waals surface area contributed by atoms with Crippen LogP contribution in [0.25, 0.3) is 0 Å². The maximum Gasteiger partial charge on any atom is 0.245 e. The Morgan fingerprint density at radius 2 is 2.47 bits per heavy atom. The van der Waals surface area contributed by atoms with E-state index in [2.05, 4.69) is 10.3 Å². The van der Waals surface area contributed by atoms with Gasteiger partial charge in [-0.2, -0.15) is 0 Å². The molecule has 1 saturated heterocycles. The van der Waals surface area contributed by atoms with Crippen molar-refractivity contribution in [2.45, 2.75) is 19.4 Å². The van der Waals surface area contributed by atoms with Crippen LogP contribution in [0, 0.1) is 0 Å². The largest absolute Gasteiger partial charge is 0.384 e. The van der Waals surface area contributed by atoms with Crippen molar-refractivity contribution in [3.05, 3.63) is 18.2 Å². The van der Waals surface area contributed by atoms with E-state index < -0.39 is 0 Å². The summed E-state index contributed by atoms with van der Waals surface area (Å²) >= 11 is 0. The first-order chi connectivity index (χ1) is 9.22. The fraction of sp³-hybridized carbons (Fsp3) is 0.538. The van der Waals surface area contributed by atoms with Crippen LogP contribution in [0.15, 0.2) is 18.2 Å². The Balaban J connectivity index is 2.13. The van der Waals surface area contributed by atoms with Gasteiger partial charge < -0.3 is 20.7 Å². The number of hydrogen-bond acceptors (Lipinski definition) is 5. The van der Waals surface area contributed by atoms with Gasteiger partial charge in [-0.1, -0.05) is 13.0 Å². The van der Waals surface area contributed by atoms with E-state index in [1.165, 1.54) is 0 Å². The molecule has 0 aliphatic carbocycles. The molecule has 1 atom stereocenters. The number of carbonyl (C=O) groups is 1. The van der Waals surface area contributed by atoms with Gasteiger partial charge in [-0.25, -0.2) is 4.98 Å². The smallest absolute Gasteiger partial charge is 0.245 e. The van der Waals surface area contributed by atoms with Crippen LogP contribution in [-0.2, 0) is 9.53 Å². The molecule has 2 rings (SSSR count). The van der Waals surface area contributed by atoms with E-state index in [0.29, 0.717) is 32.1 Å². The summed E-state index contributed by atoms with van der Waals surface area (Å²) in [6.07, 6.45) is 0.913. The summed E-state index contributed by atoms with van der Waals surface area (Å²) in [5.74, 6) is 1.16. The molecular weight excluding hydrogens is 244 g/mol. The molecule has 0 radical (unpaired) electrons. The normalized spacial score (nSPS) is 19.2. The quantitative estimate of drug-likeness (QED) is 0.822. The van der Waals surface area contributed by atoms with E-state index in [0.717, 1.165) is 12.2 Å². The molecule has 104 valence electrons. The summed E-state index contributed by atoms with van der Waals surface area (Å²) in [5, 5.41) is 2.90. The van der Waals surface area contributed by atoms with Gasteiger partial charge in [-0.15, -0.1) is 0 Å². The van der Waals surface area contributed by atoms with Crippen LogP contribution in [-0.4, -0.2) is 43.2 Å². The fourth-order valence-electron chi connectivity index (χ4n) is 2.06. The average molecular weight is 264 g/mol. The number of ether oxygens (including phenoxy) is 1. The maximum atomic E-state index is 12.1. The molecule has 19 heavy (non-hydrogen) atoms. The maximum absolute atomic E-state index is 12.1. The van der Waals surface area contributed by atoms with E-state index in [-0.39, 0.29) is 11.9 Å². The van der Waals surface area contributed by atoms with Crippen LogP contribution in [0.5, 0.6) is 0 Å². The number of pyridine rings is 1. The predicted molar refractivity (Wildman–Crippen MR) is 73.9 cm³/mol. The first-order valence-corrected chi connectivity index (χ1v) is 6.57. The van der Waals surface area contributed by atoms with Crippen LogP contribution in [0.1, 0.15) is 13.3 Å². The second-order valence-electron chi connectivity index (χ2n) is 4.50. The number of hydrogen-bond donors (Lipinski definition) is 2. The van der Waals surface area contributed by atoms with E-state index in [1.807, 2.05) is 24.0 Å². The summed E-state index contributed by atoms with van der Waals surface area (Å²) in [5.41, 5.74) is 5.70. The highest BCUT2D eigenvalue weighted by molar-refractivity contribution is 5.85. The van der Waals surface area contributed by atoms with Gasteiger partial charge in [0.25, 0.3) is 0 Å². The Bertz CT molecular complexity index is 438. The number of nitrogens with two attached hydrogens (primary N) is 1. The zero-order chi connectivity index (χ0) is 13.7. The zero-order valence-corrected chi connectivity index (χ0v) is 11.1. The number of morpholine rings is 1. The summed E-state index contributed by atoms with van der Waals surface area (Å²) in [6, 6.07) is 5.10. The van der Waals surface area contributed by atoms with Crippen LogP contribution in [0.3, 0.4) is 0 Å². The number of nitrogen functional groups attached to an aromatic ring is 1. The van der Waals surface area contributed by atoms with Crippen molar-refractivity contribution in [1.29, 1.82) is 0 Å². The van der Waals surface area contributed by atoms with Gasteiger partial charge in [-0.3, -0.25) is 4.79 Å². The lowest BCUT2D eigenvalue weighted by Crippen LogP contribution is -2.54. The molecule has 6 heteroatoms. The van der Waals surface area contributed by atoms with Crippen molar-refractivity contribution in [3.63, 3.8) is 0 Å². The van der Waals surface area contributed by atoms with Crippen molar-refractivity contribution in [2.24, 2.45) is 0 Å². The van der Waals surface area contributed by atoms with Crippen LogP contribution in [0.2, 0.25) is 0 Å². The molecular formula is C13H20N4O2. The highest BCUT2D eigenvalue weighted by atomic mass is 16.5. The van der Waals surface area contributed by atoms with Gasteiger partial charge in [0.05, 0.1) is 13.2 Å². The van der Waals surface area contributed by atoms with E-state index in [4.69, 9.17) is 10.5 Å². The van der Waals surface area contributed by atoms with Gasteiger partial charge in [0.2, 0.25) is 5.91 Å². The van der Waals surface area contributed by atoms with Crippen molar-refractivity contribution < 1.29 is 9.53 Å². The van der Waals surface area contributed by atoms with Crippen molar-refractivity contribution in [3.8, 4) is 0 Å². The molecule has 1 aromatic rings. The molecule has 0 spiro atoms. The van der Waals surface area contributed by atoms with E-state index >= 15 is 0 Å². The molecule has 0 aromatic carbocycles. The van der Waals surface area contributed by atoms with Gasteiger partial charge in [0.1, 0.15) is 17.7 Å². The molecule has 0 saturated carbocycles. The Kier molecular flexibility index (Phi) is 4.57. The third-order valence-corrected chi connectivity index (χ3v) is 3.03. The molecule has 0 bridgehead atoms. The first kappa shape index (κ1) is 13.6. The number of aromatic nitrogens is 1. The fourth-order valence-corrected chi connectivity index (χ4v) is 2.06. The SMILES string of the molecule is CCCNC(=O)C1COCCN1c1cccc(N)n1. The lowest BCUT2D eigenvalue weighted by Gasteiger charge is -2.35. The van der Waals surface area contributed by atoms with Gasteiger partial charge in [0.15, 0.2) is 0 Å². The standard InChI is InChI=1S/C13H20N4O2/c1-2-6-15-13(18)10-9-19-8-7-17(10)12-5-3-4-11(14)16-12/h3-5,10H,2,6-9H2,1H3,(H2,14,16)(H,15,18). The third-order valence-electron chi connectivity index (χ3n) is 3.03. The lowest BCUT2D eigenvalue weighted by molar-refractivity contribution is -0.124. The van der Waals surface area contributed by atoms with Gasteiger partial charge >= 0.3 is 0 Å². The summed E-state index contributed by atoms with van der Waals surface area (Å²) in [7, 11) is 0. The highest BCUT2D eigenvalue weighted by Crippen LogP contribution is 2.18. The number of nitrogens with one attached hydrogen (secondary N) is 1. The first-order valence-electron chi connectivity index (χ1n) is 6.57. The van der Waals surface area contributed by atoms with Crippen molar-refractivity contribution >= 4 is 17.5 Å². The van der Waals surface area contributed by atoms with Crippen LogP contribution in [0.4, 0.5) is 11.6 Å². The molecule has 1 fully saturated rings. The van der Waals surface area contributed by atoms with E-state index in [1.54, 1.807) is 6.07 Å². The zero-order valence-electron chi connectivity index (χ0n) is 11.1. The molecule has 6 nitrogen and oxygen atoms in total. The van der Waals surface area contributed by atoms with Gasteiger partial charge in [0, 0.05) is 13.1 Å². The summed E-state index contributed by atoms with van der Waals surface area (Å²) < 4.78 is 5.40. The Morgan fingerprint density at radius 1 is 1.63 bits per heavy atom. The number of rotatable bonds is 4. The molecule has 1 aromatic heterocycles. The molecule has 2 heterocycles. The molecule has 1 aliphatic rings. The molecule has 1 aliphatic heterocycles. The Morgan fingerprint density at radius 3 is 3.21 bits per heavy atom. The minimum Gasteiger partial charge on any atom is -0.384 e. The second-order valence-corrected chi connectivity index (χ2v) is 4.50. The predicted octanol–water partition coefficient (Wildman–Crippen LogP) is 0.395. The van der Waals surface area contributed by atoms with Crippen LogP contribution < -0.4 is 16.0 Å². The number of nitrogens with zero attached hydrogens (tertiary/aromatic N) is 2. The monoisotopic (exact) mass is 264 g/mol. The van der Waals surface area contributed by atoms with Crippen molar-refractivity contribution in [2.75, 3.05) is 36.9 Å². The lowest BCUT2D eigenvalue weighted by atomic mass is 10.2. The minimum atomic E-state index is -0.338. The number of carbonyl (C=O) groups excluding carboxylic acids is 1. The summed E-state index contributed by atoms with van der Waals surface area (Å²) in [4.78, 5) is 18.4. The Labute approximate surface area is 112 Å². The van der Waals surface area contributed by atoms with Crippen LogP contribution >= 0.6 is 0 Å². The Hall–Kier alpha value is -1.82. The second kappa shape index (κ2) is 6.38. The molecule has 3 N–H and O–H groups in total. The topological polar surface area (TPSA) is 80.5 Å². The molecule has 1 amide bonds. The number of anilines is 2. The highest BCUT2D eigenvalue weighted by Gasteiger charge is 2.30. The summed E-state index contributed by atoms with van der Waals surface area (Å²) in [6.45, 7) is 4.31.